The van der Waals surface area contributed by atoms with Crippen LogP contribution in [0.4, 0.5) is 5.82 Å². The average molecular weight is 230 g/mol. The normalized spacial score (nSPS) is 10.0. The third kappa shape index (κ3) is 2.15. The van der Waals surface area contributed by atoms with Crippen molar-refractivity contribution in [1.29, 1.82) is 0 Å². The topological polar surface area (TPSA) is 57.4 Å². The highest BCUT2D eigenvalue weighted by atomic mass is 16.5. The zero-order valence-corrected chi connectivity index (χ0v) is 9.81. The summed E-state index contributed by atoms with van der Waals surface area (Å²) in [4.78, 5) is 4.07. The van der Waals surface area contributed by atoms with Gasteiger partial charge in [0.25, 0.3) is 0 Å². The molecular formula is C13H14N2O2. The van der Waals surface area contributed by atoms with Gasteiger partial charge in [-0.2, -0.15) is 0 Å². The summed E-state index contributed by atoms with van der Waals surface area (Å²) in [5, 5.41) is 0. The Labute approximate surface area is 100 Å². The number of nitrogens with two attached hydrogens (primary N) is 1. The van der Waals surface area contributed by atoms with Gasteiger partial charge in [-0.15, -0.1) is 0 Å². The molecule has 0 bridgehead atoms. The molecule has 2 aromatic rings. The van der Waals surface area contributed by atoms with Gasteiger partial charge in [0.05, 0.1) is 14.2 Å². The molecule has 0 fully saturated rings. The Morgan fingerprint density at radius 3 is 2.53 bits per heavy atom. The third-order valence-corrected chi connectivity index (χ3v) is 2.54. The number of ether oxygens (including phenoxy) is 2. The molecule has 0 aliphatic carbocycles. The molecular weight excluding hydrogens is 216 g/mol. The van der Waals surface area contributed by atoms with Crippen molar-refractivity contribution in [2.24, 2.45) is 0 Å². The zero-order chi connectivity index (χ0) is 12.3. The van der Waals surface area contributed by atoms with E-state index in [1.807, 2.05) is 30.3 Å². The van der Waals surface area contributed by atoms with E-state index in [-0.39, 0.29) is 0 Å². The van der Waals surface area contributed by atoms with Gasteiger partial charge >= 0.3 is 0 Å². The molecule has 0 amide bonds. The molecule has 1 aromatic carbocycles. The zero-order valence-electron chi connectivity index (χ0n) is 9.81. The van der Waals surface area contributed by atoms with Crippen LogP contribution in [0.5, 0.6) is 11.5 Å². The average Bonchev–Trinajstić information content (AvgIpc) is 2.38. The molecule has 0 saturated heterocycles. The van der Waals surface area contributed by atoms with Gasteiger partial charge < -0.3 is 15.2 Å². The summed E-state index contributed by atoms with van der Waals surface area (Å²) in [6.45, 7) is 0. The molecule has 0 atom stereocenters. The Morgan fingerprint density at radius 2 is 1.88 bits per heavy atom. The smallest absolute Gasteiger partial charge is 0.131 e. The lowest BCUT2D eigenvalue weighted by molar-refractivity contribution is 0.404. The Kier molecular flexibility index (Phi) is 3.14. The van der Waals surface area contributed by atoms with Gasteiger partial charge in [0.2, 0.25) is 0 Å². The lowest BCUT2D eigenvalue weighted by Gasteiger charge is -2.11. The number of nitrogens with zero attached hydrogens (tertiary/aromatic N) is 1. The van der Waals surface area contributed by atoms with Gasteiger partial charge in [0, 0.05) is 17.3 Å². The van der Waals surface area contributed by atoms with Crippen LogP contribution in [0.3, 0.4) is 0 Å². The van der Waals surface area contributed by atoms with Crippen LogP contribution in [0, 0.1) is 0 Å². The molecule has 1 heterocycles. The highest BCUT2D eigenvalue weighted by Crippen LogP contribution is 2.35. The fourth-order valence-electron chi connectivity index (χ4n) is 1.67. The first-order chi connectivity index (χ1) is 8.26. The summed E-state index contributed by atoms with van der Waals surface area (Å²) < 4.78 is 10.5. The molecule has 0 unspecified atom stereocenters. The number of pyridine rings is 1. The van der Waals surface area contributed by atoms with Crippen molar-refractivity contribution >= 4 is 5.82 Å². The van der Waals surface area contributed by atoms with E-state index < -0.39 is 0 Å². The van der Waals surface area contributed by atoms with E-state index in [1.165, 1.54) is 0 Å². The molecule has 88 valence electrons. The monoisotopic (exact) mass is 230 g/mol. The Bertz CT molecular complexity index is 527. The number of hydrogen-bond acceptors (Lipinski definition) is 4. The van der Waals surface area contributed by atoms with Crippen LogP contribution in [0.25, 0.3) is 11.1 Å². The van der Waals surface area contributed by atoms with Crippen LogP contribution in [0.1, 0.15) is 0 Å². The second-order valence-electron chi connectivity index (χ2n) is 3.50. The highest BCUT2D eigenvalue weighted by Gasteiger charge is 2.10. The summed E-state index contributed by atoms with van der Waals surface area (Å²) in [6.07, 6.45) is 1.66. The molecule has 4 heteroatoms. The third-order valence-electron chi connectivity index (χ3n) is 2.54. The minimum Gasteiger partial charge on any atom is -0.497 e. The number of methoxy groups -OCH3 is 2. The van der Waals surface area contributed by atoms with Crippen molar-refractivity contribution < 1.29 is 9.47 Å². The van der Waals surface area contributed by atoms with E-state index in [2.05, 4.69) is 4.98 Å². The minimum atomic E-state index is 0.471. The van der Waals surface area contributed by atoms with E-state index in [4.69, 9.17) is 15.2 Å². The summed E-state index contributed by atoms with van der Waals surface area (Å²) in [5.41, 5.74) is 7.57. The number of rotatable bonds is 3. The predicted octanol–water partition coefficient (Wildman–Crippen LogP) is 2.35. The number of anilines is 1. The Morgan fingerprint density at radius 1 is 1.06 bits per heavy atom. The van der Waals surface area contributed by atoms with Gasteiger partial charge in [-0.1, -0.05) is 0 Å². The molecule has 0 spiro atoms. The van der Waals surface area contributed by atoms with E-state index >= 15 is 0 Å². The molecule has 0 saturated carbocycles. The molecule has 2 N–H and O–H groups in total. The van der Waals surface area contributed by atoms with Crippen LogP contribution in [-0.2, 0) is 0 Å². The van der Waals surface area contributed by atoms with Crippen molar-refractivity contribution in [3.8, 4) is 22.6 Å². The Hall–Kier alpha value is -2.23. The number of aromatic nitrogens is 1. The van der Waals surface area contributed by atoms with Gasteiger partial charge in [-0.25, -0.2) is 4.98 Å². The maximum absolute atomic E-state index is 5.86. The maximum atomic E-state index is 5.86. The minimum absolute atomic E-state index is 0.471. The first-order valence-corrected chi connectivity index (χ1v) is 5.19. The van der Waals surface area contributed by atoms with Crippen molar-refractivity contribution in [3.63, 3.8) is 0 Å². The highest BCUT2D eigenvalue weighted by molar-refractivity contribution is 5.79. The molecule has 2 rings (SSSR count). The Balaban J connectivity index is 2.60. The van der Waals surface area contributed by atoms with Gasteiger partial charge in [0.15, 0.2) is 0 Å². The van der Waals surface area contributed by atoms with Crippen LogP contribution >= 0.6 is 0 Å². The second kappa shape index (κ2) is 4.74. The first-order valence-electron chi connectivity index (χ1n) is 5.19. The van der Waals surface area contributed by atoms with Crippen molar-refractivity contribution in [3.05, 3.63) is 36.5 Å². The van der Waals surface area contributed by atoms with Gasteiger partial charge in [0.1, 0.15) is 17.3 Å². The lowest BCUT2D eigenvalue weighted by atomic mass is 10.1. The number of hydrogen-bond donors (Lipinski definition) is 1. The van der Waals surface area contributed by atoms with Crippen molar-refractivity contribution in [2.45, 2.75) is 0 Å². The van der Waals surface area contributed by atoms with Crippen LogP contribution in [-0.4, -0.2) is 19.2 Å². The maximum Gasteiger partial charge on any atom is 0.131 e. The molecule has 4 nitrogen and oxygen atoms in total. The SMILES string of the molecule is COc1ccc(OC)c(-c2cccnc2N)c1. The molecule has 0 aliphatic rings. The number of nitrogen functional groups attached to an aromatic ring is 1. The predicted molar refractivity (Wildman–Crippen MR) is 67.2 cm³/mol. The van der Waals surface area contributed by atoms with Gasteiger partial charge in [-0.3, -0.25) is 0 Å². The summed E-state index contributed by atoms with van der Waals surface area (Å²) >= 11 is 0. The first kappa shape index (κ1) is 11.3. The quantitative estimate of drug-likeness (QED) is 0.879. The van der Waals surface area contributed by atoms with Gasteiger partial charge in [-0.05, 0) is 30.3 Å². The molecule has 0 aliphatic heterocycles. The van der Waals surface area contributed by atoms with E-state index in [0.717, 1.165) is 22.6 Å². The standard InChI is InChI=1S/C13H14N2O2/c1-16-9-5-6-12(17-2)11(8-9)10-4-3-7-15-13(10)14/h3-8H,1-2H3,(H2,14,15). The second-order valence-corrected chi connectivity index (χ2v) is 3.50. The van der Waals surface area contributed by atoms with E-state index in [0.29, 0.717) is 5.82 Å². The summed E-state index contributed by atoms with van der Waals surface area (Å²) in [5.74, 6) is 1.97. The summed E-state index contributed by atoms with van der Waals surface area (Å²) in [6, 6.07) is 9.31. The van der Waals surface area contributed by atoms with E-state index in [9.17, 15) is 0 Å². The van der Waals surface area contributed by atoms with Crippen LogP contribution in [0.2, 0.25) is 0 Å². The van der Waals surface area contributed by atoms with Crippen LogP contribution < -0.4 is 15.2 Å². The van der Waals surface area contributed by atoms with Crippen LogP contribution in [0.15, 0.2) is 36.5 Å². The van der Waals surface area contributed by atoms with Crippen molar-refractivity contribution in [2.75, 3.05) is 20.0 Å². The fourth-order valence-corrected chi connectivity index (χ4v) is 1.67. The lowest BCUT2D eigenvalue weighted by Crippen LogP contribution is -1.96. The fraction of sp³-hybridized carbons (Fsp3) is 0.154. The summed E-state index contributed by atoms with van der Waals surface area (Å²) in [7, 11) is 3.25. The number of benzene rings is 1. The molecule has 0 radical (unpaired) electrons. The molecule has 1 aromatic heterocycles. The molecule has 17 heavy (non-hydrogen) atoms. The van der Waals surface area contributed by atoms with E-state index in [1.54, 1.807) is 20.4 Å². The largest absolute Gasteiger partial charge is 0.497 e. The van der Waals surface area contributed by atoms with Crippen molar-refractivity contribution in [1.82, 2.24) is 4.98 Å².